The minimum atomic E-state index is 0.162. The van der Waals surface area contributed by atoms with E-state index in [1.165, 1.54) is 31.2 Å². The quantitative estimate of drug-likeness (QED) is 0.801. The fourth-order valence-corrected chi connectivity index (χ4v) is 3.31. The Morgan fingerprint density at radius 1 is 1.23 bits per heavy atom. The van der Waals surface area contributed by atoms with Crippen LogP contribution in [0.15, 0.2) is 30.3 Å². The van der Waals surface area contributed by atoms with E-state index < -0.39 is 0 Å². The number of hydrogen-bond donors (Lipinski definition) is 1. The van der Waals surface area contributed by atoms with E-state index in [9.17, 15) is 5.11 Å². The maximum Gasteiger partial charge on any atom is 0.0601 e. The van der Waals surface area contributed by atoms with E-state index in [4.69, 9.17) is 4.74 Å². The third-order valence-corrected chi connectivity index (χ3v) is 4.96. The summed E-state index contributed by atoms with van der Waals surface area (Å²) in [5.41, 5.74) is 1.27. The minimum absolute atomic E-state index is 0.162. The first-order chi connectivity index (χ1) is 10.7. The minimum Gasteiger partial charge on any atom is -0.395 e. The zero-order valence-electron chi connectivity index (χ0n) is 14.1. The summed E-state index contributed by atoms with van der Waals surface area (Å²) in [6.07, 6.45) is 6.48. The molecule has 0 aliphatic heterocycles. The molecule has 3 atom stereocenters. The van der Waals surface area contributed by atoms with Crippen molar-refractivity contribution in [1.29, 1.82) is 0 Å². The molecule has 2 rings (SSSR count). The lowest BCUT2D eigenvalue weighted by atomic mass is 9.88. The van der Waals surface area contributed by atoms with E-state index in [2.05, 4.69) is 43.1 Å². The maximum absolute atomic E-state index is 9.67. The van der Waals surface area contributed by atoms with Gasteiger partial charge in [-0.3, -0.25) is 4.90 Å². The molecule has 1 aliphatic carbocycles. The zero-order valence-corrected chi connectivity index (χ0v) is 14.1. The van der Waals surface area contributed by atoms with Gasteiger partial charge in [-0.15, -0.1) is 0 Å². The number of likely N-dealkylation sites (N-methyl/N-ethyl adjacent to an activating group) is 1. The fourth-order valence-electron chi connectivity index (χ4n) is 3.31. The molecule has 22 heavy (non-hydrogen) atoms. The first-order valence-corrected chi connectivity index (χ1v) is 8.67. The predicted octanol–water partition coefficient (Wildman–Crippen LogP) is 3.12. The van der Waals surface area contributed by atoms with Crippen LogP contribution in [0, 0.1) is 5.92 Å². The maximum atomic E-state index is 9.67. The monoisotopic (exact) mass is 305 g/mol. The lowest BCUT2D eigenvalue weighted by Gasteiger charge is -2.31. The van der Waals surface area contributed by atoms with Gasteiger partial charge in [0.15, 0.2) is 0 Å². The van der Waals surface area contributed by atoms with Crippen LogP contribution in [0.25, 0.3) is 0 Å². The van der Waals surface area contributed by atoms with Crippen molar-refractivity contribution < 1.29 is 9.84 Å². The molecule has 0 spiro atoms. The second-order valence-electron chi connectivity index (χ2n) is 6.68. The van der Waals surface area contributed by atoms with Crippen molar-refractivity contribution in [2.24, 2.45) is 5.92 Å². The van der Waals surface area contributed by atoms with Crippen molar-refractivity contribution in [1.82, 2.24) is 4.90 Å². The van der Waals surface area contributed by atoms with Crippen LogP contribution >= 0.6 is 0 Å². The van der Waals surface area contributed by atoms with E-state index in [1.807, 2.05) is 6.07 Å². The predicted molar refractivity (Wildman–Crippen MR) is 91.0 cm³/mol. The molecule has 1 aromatic rings. The van der Waals surface area contributed by atoms with Crippen LogP contribution in [0.2, 0.25) is 0 Å². The summed E-state index contributed by atoms with van der Waals surface area (Å²) in [5.74, 6) is 0.692. The summed E-state index contributed by atoms with van der Waals surface area (Å²) < 4.78 is 6.09. The highest BCUT2D eigenvalue weighted by Crippen LogP contribution is 2.26. The van der Waals surface area contributed by atoms with Crippen molar-refractivity contribution in [3.8, 4) is 0 Å². The molecule has 3 heteroatoms. The van der Waals surface area contributed by atoms with E-state index >= 15 is 0 Å². The molecule has 1 aromatic carbocycles. The Morgan fingerprint density at radius 2 is 1.95 bits per heavy atom. The average molecular weight is 305 g/mol. The molecule has 1 saturated carbocycles. The SMILES string of the molecule is CC1CCCCC1OCCN(C)C(CO)Cc1ccccc1. The van der Waals surface area contributed by atoms with Gasteiger partial charge in [-0.05, 0) is 37.8 Å². The Hall–Kier alpha value is -0.900. The van der Waals surface area contributed by atoms with E-state index in [1.54, 1.807) is 0 Å². The van der Waals surface area contributed by atoms with Crippen molar-refractivity contribution in [3.63, 3.8) is 0 Å². The molecule has 0 bridgehead atoms. The summed E-state index contributed by atoms with van der Waals surface area (Å²) in [6.45, 7) is 4.13. The third-order valence-electron chi connectivity index (χ3n) is 4.96. The van der Waals surface area contributed by atoms with Gasteiger partial charge in [-0.2, -0.15) is 0 Å². The molecule has 3 unspecified atom stereocenters. The first-order valence-electron chi connectivity index (χ1n) is 8.67. The van der Waals surface area contributed by atoms with Gasteiger partial charge < -0.3 is 9.84 Å². The van der Waals surface area contributed by atoms with Crippen LogP contribution in [0.4, 0.5) is 0 Å². The smallest absolute Gasteiger partial charge is 0.0601 e. The topological polar surface area (TPSA) is 32.7 Å². The van der Waals surface area contributed by atoms with Gasteiger partial charge in [0.2, 0.25) is 0 Å². The highest BCUT2D eigenvalue weighted by molar-refractivity contribution is 5.15. The fraction of sp³-hybridized carbons (Fsp3) is 0.684. The molecule has 0 aromatic heterocycles. The van der Waals surface area contributed by atoms with Gasteiger partial charge in [0, 0.05) is 12.6 Å². The molecular weight excluding hydrogens is 274 g/mol. The van der Waals surface area contributed by atoms with Gasteiger partial charge in [0.25, 0.3) is 0 Å². The van der Waals surface area contributed by atoms with Crippen molar-refractivity contribution >= 4 is 0 Å². The number of ether oxygens (including phenoxy) is 1. The average Bonchev–Trinajstić information content (AvgIpc) is 2.55. The number of aliphatic hydroxyl groups is 1. The molecule has 0 heterocycles. The van der Waals surface area contributed by atoms with Gasteiger partial charge in [-0.25, -0.2) is 0 Å². The number of nitrogens with zero attached hydrogens (tertiary/aromatic N) is 1. The molecule has 0 amide bonds. The zero-order chi connectivity index (χ0) is 15.8. The van der Waals surface area contributed by atoms with E-state index in [0.29, 0.717) is 12.0 Å². The number of hydrogen-bond acceptors (Lipinski definition) is 3. The van der Waals surface area contributed by atoms with Crippen LogP contribution in [-0.4, -0.2) is 49.0 Å². The third kappa shape index (κ3) is 5.38. The highest BCUT2D eigenvalue weighted by Gasteiger charge is 2.22. The highest BCUT2D eigenvalue weighted by atomic mass is 16.5. The second-order valence-corrected chi connectivity index (χ2v) is 6.68. The summed E-state index contributed by atoms with van der Waals surface area (Å²) in [6, 6.07) is 10.5. The first kappa shape index (κ1) is 17.5. The molecule has 0 saturated heterocycles. The van der Waals surface area contributed by atoms with E-state index in [0.717, 1.165) is 19.6 Å². The van der Waals surface area contributed by atoms with Crippen LogP contribution in [0.5, 0.6) is 0 Å². The van der Waals surface area contributed by atoms with Crippen LogP contribution in [0.1, 0.15) is 38.2 Å². The molecule has 3 nitrogen and oxygen atoms in total. The standard InChI is InChI=1S/C19H31NO2/c1-16-8-6-7-11-19(16)22-13-12-20(2)18(15-21)14-17-9-4-3-5-10-17/h3-5,9-10,16,18-19,21H,6-8,11-15H2,1-2H3. The van der Waals surface area contributed by atoms with E-state index in [-0.39, 0.29) is 12.6 Å². The van der Waals surface area contributed by atoms with Crippen molar-refractivity contribution in [2.75, 3.05) is 26.8 Å². The van der Waals surface area contributed by atoms with Crippen LogP contribution in [0.3, 0.4) is 0 Å². The Kier molecular flexibility index (Phi) is 7.37. The molecule has 124 valence electrons. The largest absolute Gasteiger partial charge is 0.395 e. The molecule has 1 fully saturated rings. The van der Waals surface area contributed by atoms with Gasteiger partial charge in [-0.1, -0.05) is 50.1 Å². The number of benzene rings is 1. The van der Waals surface area contributed by atoms with Gasteiger partial charge in [0.05, 0.1) is 19.3 Å². The molecular formula is C19H31NO2. The molecule has 0 radical (unpaired) electrons. The summed E-state index contributed by atoms with van der Waals surface area (Å²) in [7, 11) is 2.08. The van der Waals surface area contributed by atoms with Crippen molar-refractivity contribution in [3.05, 3.63) is 35.9 Å². The summed E-state index contributed by atoms with van der Waals surface area (Å²) in [5, 5.41) is 9.67. The summed E-state index contributed by atoms with van der Waals surface area (Å²) >= 11 is 0. The molecule has 1 aliphatic rings. The number of rotatable bonds is 8. The number of aliphatic hydroxyl groups excluding tert-OH is 1. The normalized spacial score (nSPS) is 23.6. The Balaban J connectivity index is 1.73. The van der Waals surface area contributed by atoms with Crippen LogP contribution in [-0.2, 0) is 11.2 Å². The second kappa shape index (κ2) is 9.29. The lowest BCUT2D eigenvalue weighted by Crippen LogP contribution is -2.39. The molecule has 1 N–H and O–H groups in total. The summed E-state index contributed by atoms with van der Waals surface area (Å²) in [4.78, 5) is 2.22. The Bertz CT molecular complexity index is 409. The van der Waals surface area contributed by atoms with Crippen LogP contribution < -0.4 is 0 Å². The Morgan fingerprint density at radius 3 is 2.64 bits per heavy atom. The lowest BCUT2D eigenvalue weighted by molar-refractivity contribution is -0.0171. The van der Waals surface area contributed by atoms with Crippen molar-refractivity contribution in [2.45, 2.75) is 51.2 Å². The Labute approximate surface area is 135 Å². The van der Waals surface area contributed by atoms with Gasteiger partial charge >= 0.3 is 0 Å². The van der Waals surface area contributed by atoms with Gasteiger partial charge in [0.1, 0.15) is 0 Å².